The highest BCUT2D eigenvalue weighted by atomic mass is 16.2. The van der Waals surface area contributed by atoms with Crippen molar-refractivity contribution in [2.45, 2.75) is 45.7 Å². The number of piperazine rings is 1. The SMILES string of the molecule is C=CC(=O)N1CCN(c2nc(C(C)C)nc3c2CCN(c2cccc4ccccc24)C3)CC1C. The molecule has 3 aromatic rings. The van der Waals surface area contributed by atoms with Gasteiger partial charge in [0.1, 0.15) is 11.6 Å². The van der Waals surface area contributed by atoms with Gasteiger partial charge in [0, 0.05) is 54.8 Å². The molecule has 1 unspecified atom stereocenters. The van der Waals surface area contributed by atoms with Crippen LogP contribution in [0.25, 0.3) is 10.8 Å². The van der Waals surface area contributed by atoms with Crippen LogP contribution in [0.3, 0.4) is 0 Å². The molecule has 0 bridgehead atoms. The van der Waals surface area contributed by atoms with E-state index in [1.54, 1.807) is 0 Å². The van der Waals surface area contributed by atoms with Crippen LogP contribution in [-0.2, 0) is 17.8 Å². The number of amides is 1. The number of fused-ring (bicyclic) bond motifs is 2. The van der Waals surface area contributed by atoms with Crippen molar-refractivity contribution < 1.29 is 4.79 Å². The van der Waals surface area contributed by atoms with Crippen LogP contribution >= 0.6 is 0 Å². The van der Waals surface area contributed by atoms with Crippen LogP contribution in [0.5, 0.6) is 0 Å². The smallest absolute Gasteiger partial charge is 0.246 e. The van der Waals surface area contributed by atoms with Crippen LogP contribution in [0.15, 0.2) is 55.1 Å². The first-order valence-electron chi connectivity index (χ1n) is 12.3. The summed E-state index contributed by atoms with van der Waals surface area (Å²) in [6.45, 7) is 14.0. The van der Waals surface area contributed by atoms with Gasteiger partial charge in [-0.2, -0.15) is 0 Å². The quantitative estimate of drug-likeness (QED) is 0.541. The third-order valence-electron chi connectivity index (χ3n) is 7.07. The lowest BCUT2D eigenvalue weighted by Gasteiger charge is -2.41. The molecule has 6 heteroatoms. The molecule has 176 valence electrons. The van der Waals surface area contributed by atoms with Crippen LogP contribution in [0.2, 0.25) is 0 Å². The highest BCUT2D eigenvalue weighted by Gasteiger charge is 2.31. The van der Waals surface area contributed by atoms with E-state index in [0.717, 1.165) is 49.9 Å². The summed E-state index contributed by atoms with van der Waals surface area (Å²) >= 11 is 0. The van der Waals surface area contributed by atoms with Crippen molar-refractivity contribution in [3.63, 3.8) is 0 Å². The number of carbonyl (C=O) groups excluding carboxylic acids is 1. The third kappa shape index (κ3) is 4.02. The second kappa shape index (κ2) is 9.09. The number of nitrogens with zero attached hydrogens (tertiary/aromatic N) is 5. The van der Waals surface area contributed by atoms with Gasteiger partial charge >= 0.3 is 0 Å². The number of rotatable bonds is 4. The van der Waals surface area contributed by atoms with E-state index in [2.05, 4.69) is 79.6 Å². The van der Waals surface area contributed by atoms with Crippen LogP contribution in [0.1, 0.15) is 43.8 Å². The maximum atomic E-state index is 12.2. The summed E-state index contributed by atoms with van der Waals surface area (Å²) in [5.74, 6) is 2.21. The summed E-state index contributed by atoms with van der Waals surface area (Å²) in [5, 5.41) is 2.54. The minimum absolute atomic E-state index is 0.00506. The van der Waals surface area contributed by atoms with E-state index in [1.165, 1.54) is 28.1 Å². The van der Waals surface area contributed by atoms with Crippen LogP contribution in [0.4, 0.5) is 11.5 Å². The number of carbonyl (C=O) groups is 1. The van der Waals surface area contributed by atoms with E-state index in [9.17, 15) is 4.79 Å². The maximum Gasteiger partial charge on any atom is 0.246 e. The zero-order valence-corrected chi connectivity index (χ0v) is 20.4. The highest BCUT2D eigenvalue weighted by Crippen LogP contribution is 2.34. The summed E-state index contributed by atoms with van der Waals surface area (Å²) < 4.78 is 0. The lowest BCUT2D eigenvalue weighted by atomic mass is 10.0. The molecular weight excluding hydrogens is 422 g/mol. The molecule has 6 nitrogen and oxygen atoms in total. The van der Waals surface area contributed by atoms with E-state index in [-0.39, 0.29) is 17.9 Å². The first-order chi connectivity index (χ1) is 16.5. The minimum atomic E-state index is 0.00506. The molecule has 0 saturated carbocycles. The normalized spacial score (nSPS) is 18.4. The molecule has 1 atom stereocenters. The second-order valence-electron chi connectivity index (χ2n) is 9.69. The maximum absolute atomic E-state index is 12.2. The van der Waals surface area contributed by atoms with Crippen LogP contribution in [-0.4, -0.2) is 53.0 Å². The Morgan fingerprint density at radius 3 is 2.62 bits per heavy atom. The van der Waals surface area contributed by atoms with Crippen LogP contribution < -0.4 is 9.80 Å². The Hall–Kier alpha value is -3.41. The summed E-state index contributed by atoms with van der Waals surface area (Å²) in [4.78, 5) is 29.0. The summed E-state index contributed by atoms with van der Waals surface area (Å²) in [7, 11) is 0. The van der Waals surface area contributed by atoms with Gasteiger partial charge in [-0.3, -0.25) is 4.79 Å². The molecule has 2 aliphatic rings. The average molecular weight is 456 g/mol. The van der Waals surface area contributed by atoms with Crippen molar-refractivity contribution in [3.8, 4) is 0 Å². The molecule has 0 N–H and O–H groups in total. The number of hydrogen-bond donors (Lipinski definition) is 0. The summed E-state index contributed by atoms with van der Waals surface area (Å²) in [6.07, 6.45) is 2.32. The van der Waals surface area contributed by atoms with Gasteiger partial charge in [0.15, 0.2) is 0 Å². The molecule has 0 radical (unpaired) electrons. The van der Waals surface area contributed by atoms with Crippen molar-refractivity contribution in [1.29, 1.82) is 0 Å². The Kier molecular flexibility index (Phi) is 5.98. The molecule has 34 heavy (non-hydrogen) atoms. The van der Waals surface area contributed by atoms with E-state index < -0.39 is 0 Å². The molecule has 1 saturated heterocycles. The van der Waals surface area contributed by atoms with Crippen LogP contribution in [0, 0.1) is 0 Å². The number of aromatic nitrogens is 2. The lowest BCUT2D eigenvalue weighted by Crippen LogP contribution is -2.54. The Morgan fingerprint density at radius 1 is 1.06 bits per heavy atom. The van der Waals surface area contributed by atoms with Crippen molar-refractivity contribution in [2.24, 2.45) is 0 Å². The van der Waals surface area contributed by atoms with Crippen molar-refractivity contribution in [1.82, 2.24) is 14.9 Å². The Labute approximate surface area is 201 Å². The standard InChI is InChI=1S/C28H33N5O/c1-5-26(34)33-16-15-32(17-20(33)4)28-23-13-14-31(18-24(23)29-27(30-28)19(2)3)25-12-8-10-21-9-6-7-11-22(21)25/h5-12,19-20H,1,13-18H2,2-4H3. The fraction of sp³-hybridized carbons (Fsp3) is 0.393. The van der Waals surface area contributed by atoms with E-state index in [1.807, 2.05) is 4.90 Å². The van der Waals surface area contributed by atoms with Gasteiger partial charge in [-0.15, -0.1) is 0 Å². The predicted molar refractivity (Wildman–Crippen MR) is 138 cm³/mol. The Balaban J connectivity index is 1.48. The first kappa shape index (κ1) is 22.4. The molecule has 1 aromatic heterocycles. The van der Waals surface area contributed by atoms with Gasteiger partial charge in [-0.1, -0.05) is 56.8 Å². The minimum Gasteiger partial charge on any atom is -0.365 e. The zero-order valence-electron chi connectivity index (χ0n) is 20.4. The highest BCUT2D eigenvalue weighted by molar-refractivity contribution is 5.94. The molecule has 1 amide bonds. The molecule has 1 fully saturated rings. The number of hydrogen-bond acceptors (Lipinski definition) is 5. The van der Waals surface area contributed by atoms with Gasteiger partial charge in [0.25, 0.3) is 0 Å². The zero-order chi connectivity index (χ0) is 23.8. The molecule has 5 rings (SSSR count). The summed E-state index contributed by atoms with van der Waals surface area (Å²) in [5.41, 5.74) is 3.65. The average Bonchev–Trinajstić information content (AvgIpc) is 2.86. The molecule has 0 aliphatic carbocycles. The number of benzene rings is 2. The fourth-order valence-corrected chi connectivity index (χ4v) is 5.23. The third-order valence-corrected chi connectivity index (χ3v) is 7.07. The Bertz CT molecular complexity index is 1230. The first-order valence-corrected chi connectivity index (χ1v) is 12.3. The monoisotopic (exact) mass is 455 g/mol. The van der Waals surface area contributed by atoms with Gasteiger partial charge in [-0.25, -0.2) is 9.97 Å². The second-order valence-corrected chi connectivity index (χ2v) is 9.69. The van der Waals surface area contributed by atoms with E-state index >= 15 is 0 Å². The van der Waals surface area contributed by atoms with Crippen molar-refractivity contribution in [2.75, 3.05) is 36.0 Å². The predicted octanol–water partition coefficient (Wildman–Crippen LogP) is 4.54. The van der Waals surface area contributed by atoms with Gasteiger partial charge in [0.2, 0.25) is 5.91 Å². The molecule has 0 spiro atoms. The lowest BCUT2D eigenvalue weighted by molar-refractivity contribution is -0.128. The van der Waals surface area contributed by atoms with E-state index in [4.69, 9.17) is 9.97 Å². The molecule has 3 heterocycles. The van der Waals surface area contributed by atoms with Crippen molar-refractivity contribution in [3.05, 3.63) is 72.2 Å². The molecule has 2 aromatic carbocycles. The van der Waals surface area contributed by atoms with E-state index in [0.29, 0.717) is 6.54 Å². The Morgan fingerprint density at radius 2 is 1.85 bits per heavy atom. The van der Waals surface area contributed by atoms with Gasteiger partial charge in [-0.05, 0) is 30.9 Å². The topological polar surface area (TPSA) is 52.6 Å². The molecular formula is C28H33N5O. The van der Waals surface area contributed by atoms with Gasteiger partial charge < -0.3 is 14.7 Å². The summed E-state index contributed by atoms with van der Waals surface area (Å²) in [6, 6.07) is 15.2. The fourth-order valence-electron chi connectivity index (χ4n) is 5.23. The van der Waals surface area contributed by atoms with Crippen molar-refractivity contribution >= 4 is 28.2 Å². The number of anilines is 2. The molecule has 2 aliphatic heterocycles. The van der Waals surface area contributed by atoms with Gasteiger partial charge in [0.05, 0.1) is 12.2 Å². The largest absolute Gasteiger partial charge is 0.365 e.